The van der Waals surface area contributed by atoms with Crippen LogP contribution in [0.1, 0.15) is 24.1 Å². The molecule has 0 radical (unpaired) electrons. The van der Waals surface area contributed by atoms with Crippen LogP contribution in [-0.2, 0) is 11.2 Å². The van der Waals surface area contributed by atoms with E-state index in [0.29, 0.717) is 12.1 Å². The van der Waals surface area contributed by atoms with Crippen molar-refractivity contribution in [3.8, 4) is 0 Å². The highest BCUT2D eigenvalue weighted by Gasteiger charge is 2.11. The lowest BCUT2D eigenvalue weighted by Crippen LogP contribution is -2.28. The Kier molecular flexibility index (Phi) is 4.79. The van der Waals surface area contributed by atoms with Crippen LogP contribution in [0.15, 0.2) is 53.0 Å². The summed E-state index contributed by atoms with van der Waals surface area (Å²) in [5, 5.41) is 2.98. The van der Waals surface area contributed by atoms with Gasteiger partial charge >= 0.3 is 0 Å². The number of nitrogen functional groups attached to an aromatic ring is 1. The zero-order valence-corrected chi connectivity index (χ0v) is 12.9. The van der Waals surface area contributed by atoms with Gasteiger partial charge in [0.25, 0.3) is 0 Å². The maximum atomic E-state index is 12.0. The first-order valence-corrected chi connectivity index (χ1v) is 7.24. The summed E-state index contributed by atoms with van der Waals surface area (Å²) in [6, 6.07) is 15.3. The van der Waals surface area contributed by atoms with Gasteiger partial charge < -0.3 is 11.1 Å². The highest BCUT2D eigenvalue weighted by atomic mass is 79.9. The molecular formula is C16H17BrN2O. The minimum absolute atomic E-state index is 0.0273. The summed E-state index contributed by atoms with van der Waals surface area (Å²) in [6.07, 6.45) is 0.299. The number of para-hydroxylation sites is 1. The quantitative estimate of drug-likeness (QED) is 0.842. The molecule has 2 aromatic rings. The molecule has 3 nitrogen and oxygen atoms in total. The summed E-state index contributed by atoms with van der Waals surface area (Å²) in [4.78, 5) is 12.0. The molecule has 0 aliphatic carbocycles. The fraction of sp³-hybridized carbons (Fsp3) is 0.188. The number of halogens is 1. The summed E-state index contributed by atoms with van der Waals surface area (Å²) < 4.78 is 1.02. The predicted octanol–water partition coefficient (Wildman–Crippen LogP) is 3.45. The van der Waals surface area contributed by atoms with Crippen LogP contribution < -0.4 is 11.1 Å². The molecule has 104 valence electrons. The topological polar surface area (TPSA) is 55.1 Å². The van der Waals surface area contributed by atoms with Gasteiger partial charge in [0, 0.05) is 10.2 Å². The molecular weight excluding hydrogens is 316 g/mol. The molecule has 1 amide bonds. The van der Waals surface area contributed by atoms with Crippen LogP contribution in [0.25, 0.3) is 0 Å². The average molecular weight is 333 g/mol. The van der Waals surface area contributed by atoms with Crippen LogP contribution in [0.3, 0.4) is 0 Å². The highest BCUT2D eigenvalue weighted by Crippen LogP contribution is 2.17. The van der Waals surface area contributed by atoms with Crippen molar-refractivity contribution in [2.24, 2.45) is 0 Å². The van der Waals surface area contributed by atoms with Crippen molar-refractivity contribution >= 4 is 27.5 Å². The predicted molar refractivity (Wildman–Crippen MR) is 85.3 cm³/mol. The Labute approximate surface area is 127 Å². The van der Waals surface area contributed by atoms with Gasteiger partial charge in [0.2, 0.25) is 5.91 Å². The van der Waals surface area contributed by atoms with Crippen molar-refractivity contribution in [3.63, 3.8) is 0 Å². The standard InChI is InChI=1S/C16H17BrN2O/c1-11(12-6-8-14(17)9-7-12)19-16(20)10-13-4-2-3-5-15(13)18/h2-9,11H,10,18H2,1H3,(H,19,20)/t11-/m0/s1. The van der Waals surface area contributed by atoms with Gasteiger partial charge in [-0.05, 0) is 36.2 Å². The molecule has 2 rings (SSSR count). The zero-order valence-electron chi connectivity index (χ0n) is 11.3. The molecule has 0 bridgehead atoms. The molecule has 0 aliphatic rings. The van der Waals surface area contributed by atoms with Gasteiger partial charge in [-0.1, -0.05) is 46.3 Å². The number of hydrogen-bond acceptors (Lipinski definition) is 2. The van der Waals surface area contributed by atoms with E-state index in [1.165, 1.54) is 0 Å². The van der Waals surface area contributed by atoms with Crippen LogP contribution in [0.5, 0.6) is 0 Å². The second-order valence-electron chi connectivity index (χ2n) is 4.72. The third-order valence-electron chi connectivity index (χ3n) is 3.15. The van der Waals surface area contributed by atoms with E-state index in [2.05, 4.69) is 21.2 Å². The Morgan fingerprint density at radius 2 is 1.85 bits per heavy atom. The number of nitrogens with one attached hydrogen (secondary N) is 1. The molecule has 4 heteroatoms. The van der Waals surface area contributed by atoms with Gasteiger partial charge in [0.15, 0.2) is 0 Å². The molecule has 0 spiro atoms. The largest absolute Gasteiger partial charge is 0.398 e. The molecule has 3 N–H and O–H groups in total. The fourth-order valence-electron chi connectivity index (χ4n) is 2.00. The number of nitrogens with two attached hydrogens (primary N) is 1. The van der Waals surface area contributed by atoms with E-state index in [0.717, 1.165) is 15.6 Å². The van der Waals surface area contributed by atoms with Crippen molar-refractivity contribution in [1.82, 2.24) is 5.32 Å². The molecule has 0 heterocycles. The van der Waals surface area contributed by atoms with Crippen molar-refractivity contribution in [2.75, 3.05) is 5.73 Å². The smallest absolute Gasteiger partial charge is 0.224 e. The minimum atomic E-state index is -0.0293. The lowest BCUT2D eigenvalue weighted by molar-refractivity contribution is -0.121. The summed E-state index contributed by atoms with van der Waals surface area (Å²) in [5.41, 5.74) is 8.42. The van der Waals surface area contributed by atoms with Crippen LogP contribution in [0, 0.1) is 0 Å². The first-order valence-electron chi connectivity index (χ1n) is 6.44. The van der Waals surface area contributed by atoms with Gasteiger partial charge in [-0.3, -0.25) is 4.79 Å². The van der Waals surface area contributed by atoms with Gasteiger partial charge in [0.1, 0.15) is 0 Å². The molecule has 0 fully saturated rings. The summed E-state index contributed by atoms with van der Waals surface area (Å²) >= 11 is 3.40. The third-order valence-corrected chi connectivity index (χ3v) is 3.68. The van der Waals surface area contributed by atoms with E-state index in [4.69, 9.17) is 5.73 Å². The minimum Gasteiger partial charge on any atom is -0.398 e. The molecule has 2 aromatic carbocycles. The Balaban J connectivity index is 1.98. The number of benzene rings is 2. The summed E-state index contributed by atoms with van der Waals surface area (Å²) in [7, 11) is 0. The lowest BCUT2D eigenvalue weighted by Gasteiger charge is -2.15. The van der Waals surface area contributed by atoms with E-state index >= 15 is 0 Å². The number of carbonyl (C=O) groups excluding carboxylic acids is 1. The van der Waals surface area contributed by atoms with Crippen LogP contribution in [0.4, 0.5) is 5.69 Å². The number of amides is 1. The van der Waals surface area contributed by atoms with Gasteiger partial charge in [-0.2, -0.15) is 0 Å². The summed E-state index contributed by atoms with van der Waals surface area (Å²) in [5.74, 6) is -0.0293. The van der Waals surface area contributed by atoms with Crippen molar-refractivity contribution < 1.29 is 4.79 Å². The molecule has 0 saturated carbocycles. The van der Waals surface area contributed by atoms with Crippen LogP contribution in [0.2, 0.25) is 0 Å². The first kappa shape index (κ1) is 14.6. The highest BCUT2D eigenvalue weighted by molar-refractivity contribution is 9.10. The molecule has 0 unspecified atom stereocenters. The number of carbonyl (C=O) groups is 1. The molecule has 1 atom stereocenters. The van der Waals surface area contributed by atoms with Crippen molar-refractivity contribution in [2.45, 2.75) is 19.4 Å². The Bertz CT molecular complexity index is 596. The molecule has 20 heavy (non-hydrogen) atoms. The maximum absolute atomic E-state index is 12.0. The number of anilines is 1. The zero-order chi connectivity index (χ0) is 14.5. The van der Waals surface area contributed by atoms with Crippen molar-refractivity contribution in [1.29, 1.82) is 0 Å². The summed E-state index contributed by atoms with van der Waals surface area (Å²) in [6.45, 7) is 1.97. The van der Waals surface area contributed by atoms with E-state index in [1.807, 2.05) is 49.4 Å². The van der Waals surface area contributed by atoms with E-state index in [9.17, 15) is 4.79 Å². The van der Waals surface area contributed by atoms with Crippen molar-refractivity contribution in [3.05, 3.63) is 64.1 Å². The maximum Gasteiger partial charge on any atom is 0.224 e. The van der Waals surface area contributed by atoms with E-state index in [1.54, 1.807) is 6.07 Å². The van der Waals surface area contributed by atoms with Gasteiger partial charge in [-0.25, -0.2) is 0 Å². The van der Waals surface area contributed by atoms with Crippen LogP contribution >= 0.6 is 15.9 Å². The second-order valence-corrected chi connectivity index (χ2v) is 5.63. The molecule has 0 aromatic heterocycles. The van der Waals surface area contributed by atoms with E-state index < -0.39 is 0 Å². The number of hydrogen-bond donors (Lipinski definition) is 2. The molecule has 0 aliphatic heterocycles. The Morgan fingerprint density at radius 3 is 2.50 bits per heavy atom. The van der Waals surface area contributed by atoms with Gasteiger partial charge in [-0.15, -0.1) is 0 Å². The Morgan fingerprint density at radius 1 is 1.20 bits per heavy atom. The number of rotatable bonds is 4. The second kappa shape index (κ2) is 6.57. The first-order chi connectivity index (χ1) is 9.56. The van der Waals surface area contributed by atoms with Gasteiger partial charge in [0.05, 0.1) is 12.5 Å². The molecule has 0 saturated heterocycles. The fourth-order valence-corrected chi connectivity index (χ4v) is 2.26. The third kappa shape index (κ3) is 3.84. The SMILES string of the molecule is C[C@H](NC(=O)Cc1ccccc1N)c1ccc(Br)cc1. The lowest BCUT2D eigenvalue weighted by atomic mass is 10.1. The Hall–Kier alpha value is -1.81. The average Bonchev–Trinajstić information content (AvgIpc) is 2.42. The normalized spacial score (nSPS) is 11.9. The monoisotopic (exact) mass is 332 g/mol. The van der Waals surface area contributed by atoms with E-state index in [-0.39, 0.29) is 11.9 Å². The van der Waals surface area contributed by atoms with Crippen LogP contribution in [-0.4, -0.2) is 5.91 Å².